The number of aliphatic carboxylic acids is 1. The zero-order valence-corrected chi connectivity index (χ0v) is 9.58. The van der Waals surface area contributed by atoms with Crippen molar-refractivity contribution in [2.24, 2.45) is 0 Å². The zero-order chi connectivity index (χ0) is 11.3. The van der Waals surface area contributed by atoms with Gasteiger partial charge in [-0.25, -0.2) is 4.79 Å². The Morgan fingerprint density at radius 1 is 1.60 bits per heavy atom. The van der Waals surface area contributed by atoms with E-state index in [1.807, 2.05) is 0 Å². The van der Waals surface area contributed by atoms with Crippen LogP contribution < -0.4 is 0 Å². The van der Waals surface area contributed by atoms with Gasteiger partial charge >= 0.3 is 5.97 Å². The van der Waals surface area contributed by atoms with Gasteiger partial charge < -0.3 is 9.84 Å². The molecule has 1 fully saturated rings. The summed E-state index contributed by atoms with van der Waals surface area (Å²) in [6.45, 7) is 4.67. The molecule has 1 aliphatic heterocycles. The number of hydrogen-bond donors (Lipinski definition) is 1. The van der Waals surface area contributed by atoms with Crippen molar-refractivity contribution in [1.82, 2.24) is 0 Å². The number of rotatable bonds is 6. The summed E-state index contributed by atoms with van der Waals surface area (Å²) in [5, 5.41) is 8.65. The lowest BCUT2D eigenvalue weighted by molar-refractivity contribution is -0.153. The molecule has 0 aromatic carbocycles. The van der Waals surface area contributed by atoms with Crippen molar-refractivity contribution in [3.63, 3.8) is 0 Å². The summed E-state index contributed by atoms with van der Waals surface area (Å²) >= 11 is 0. The Morgan fingerprint density at radius 2 is 2.27 bits per heavy atom. The van der Waals surface area contributed by atoms with Crippen LogP contribution >= 0.6 is 0 Å². The van der Waals surface area contributed by atoms with Gasteiger partial charge in [0.25, 0.3) is 0 Å². The van der Waals surface area contributed by atoms with E-state index in [0.717, 1.165) is 38.7 Å². The molecule has 0 radical (unpaired) electrons. The smallest absolute Gasteiger partial charge is 0.330 e. The fourth-order valence-corrected chi connectivity index (χ4v) is 1.87. The lowest BCUT2D eigenvalue weighted by atomic mass is 9.86. The summed E-state index contributed by atoms with van der Waals surface area (Å²) in [5.74, 6) is -0.819. The van der Waals surface area contributed by atoms with Crippen molar-refractivity contribution in [2.45, 2.75) is 51.6 Å². The van der Waals surface area contributed by atoms with Crippen molar-refractivity contribution in [3.8, 4) is 0 Å². The maximum Gasteiger partial charge on any atom is 0.330 e. The molecule has 86 valence electrons. The first-order valence-electron chi connectivity index (χ1n) is 5.64. The standard InChI is InChI=1S/C12H20O3/c1-3-12(8-9-15-12)7-5-4-6-10(2)11(13)14/h6H,3-5,7-9H2,1-2H3,(H,13,14). The van der Waals surface area contributed by atoms with Crippen LogP contribution in [0, 0.1) is 0 Å². The highest BCUT2D eigenvalue weighted by molar-refractivity contribution is 5.85. The van der Waals surface area contributed by atoms with Crippen LogP contribution in [0.25, 0.3) is 0 Å². The predicted octanol–water partition coefficient (Wildman–Crippen LogP) is 2.76. The van der Waals surface area contributed by atoms with Gasteiger partial charge in [-0.1, -0.05) is 13.0 Å². The molecular weight excluding hydrogens is 192 g/mol. The molecule has 0 saturated carbocycles. The summed E-state index contributed by atoms with van der Waals surface area (Å²) in [6.07, 6.45) is 6.92. The number of unbranched alkanes of at least 4 members (excludes halogenated alkanes) is 1. The Labute approximate surface area is 91.1 Å². The summed E-state index contributed by atoms with van der Waals surface area (Å²) in [6, 6.07) is 0. The third-order valence-corrected chi connectivity index (χ3v) is 3.23. The molecule has 1 atom stereocenters. The first kappa shape index (κ1) is 12.2. The number of carbonyl (C=O) groups is 1. The van der Waals surface area contributed by atoms with Crippen LogP contribution in [0.15, 0.2) is 11.6 Å². The van der Waals surface area contributed by atoms with Crippen molar-refractivity contribution < 1.29 is 14.6 Å². The van der Waals surface area contributed by atoms with E-state index >= 15 is 0 Å². The molecule has 1 rings (SSSR count). The highest BCUT2D eigenvalue weighted by Crippen LogP contribution is 2.34. The number of carboxylic acid groups (broad SMARTS) is 1. The second-order valence-corrected chi connectivity index (χ2v) is 4.22. The largest absolute Gasteiger partial charge is 0.478 e. The highest BCUT2D eigenvalue weighted by atomic mass is 16.5. The van der Waals surface area contributed by atoms with Crippen LogP contribution in [-0.2, 0) is 9.53 Å². The second-order valence-electron chi connectivity index (χ2n) is 4.22. The molecule has 0 bridgehead atoms. The minimum atomic E-state index is -0.819. The van der Waals surface area contributed by atoms with Gasteiger partial charge in [0.15, 0.2) is 0 Å². The minimum Gasteiger partial charge on any atom is -0.478 e. The Hall–Kier alpha value is -0.830. The number of allylic oxidation sites excluding steroid dienone is 1. The van der Waals surface area contributed by atoms with Crippen LogP contribution in [0.5, 0.6) is 0 Å². The number of ether oxygens (including phenoxy) is 1. The van der Waals surface area contributed by atoms with Crippen LogP contribution in [0.4, 0.5) is 0 Å². The zero-order valence-electron chi connectivity index (χ0n) is 9.58. The SMILES string of the molecule is CCC1(CCCC=C(C)C(=O)O)CCO1. The average Bonchev–Trinajstić information content (AvgIpc) is 2.15. The van der Waals surface area contributed by atoms with Crippen molar-refractivity contribution >= 4 is 5.97 Å². The van der Waals surface area contributed by atoms with Gasteiger partial charge in [-0.15, -0.1) is 0 Å². The summed E-state index contributed by atoms with van der Waals surface area (Å²) in [7, 11) is 0. The predicted molar refractivity (Wildman–Crippen MR) is 58.8 cm³/mol. The second kappa shape index (κ2) is 5.31. The molecule has 3 nitrogen and oxygen atoms in total. The quantitative estimate of drug-likeness (QED) is 0.544. The molecule has 15 heavy (non-hydrogen) atoms. The van der Waals surface area contributed by atoms with E-state index in [1.165, 1.54) is 0 Å². The number of carboxylic acids is 1. The monoisotopic (exact) mass is 212 g/mol. The molecule has 0 amide bonds. The molecule has 1 N–H and O–H groups in total. The van der Waals surface area contributed by atoms with Gasteiger partial charge in [-0.05, 0) is 39.0 Å². The van der Waals surface area contributed by atoms with E-state index in [1.54, 1.807) is 13.0 Å². The Bertz CT molecular complexity index is 246. The normalized spacial score (nSPS) is 26.1. The van der Waals surface area contributed by atoms with Crippen LogP contribution in [0.1, 0.15) is 46.0 Å². The van der Waals surface area contributed by atoms with Gasteiger partial charge in [-0.3, -0.25) is 0 Å². The maximum absolute atomic E-state index is 10.5. The van der Waals surface area contributed by atoms with Crippen LogP contribution in [0.2, 0.25) is 0 Å². The molecule has 3 heteroatoms. The third kappa shape index (κ3) is 3.34. The fraction of sp³-hybridized carbons (Fsp3) is 0.750. The molecule has 1 saturated heterocycles. The lowest BCUT2D eigenvalue weighted by Gasteiger charge is -2.41. The minimum absolute atomic E-state index is 0.116. The summed E-state index contributed by atoms with van der Waals surface area (Å²) in [5.41, 5.74) is 0.556. The van der Waals surface area contributed by atoms with Gasteiger partial charge in [0.1, 0.15) is 0 Å². The van der Waals surface area contributed by atoms with E-state index in [2.05, 4.69) is 6.92 Å². The summed E-state index contributed by atoms with van der Waals surface area (Å²) < 4.78 is 5.59. The molecular formula is C12H20O3. The topological polar surface area (TPSA) is 46.5 Å². The van der Waals surface area contributed by atoms with Crippen molar-refractivity contribution in [3.05, 3.63) is 11.6 Å². The average molecular weight is 212 g/mol. The Kier molecular flexibility index (Phi) is 4.33. The molecule has 1 unspecified atom stereocenters. The van der Waals surface area contributed by atoms with Gasteiger partial charge in [0.05, 0.1) is 12.2 Å². The van der Waals surface area contributed by atoms with Gasteiger partial charge in [0, 0.05) is 5.57 Å². The van der Waals surface area contributed by atoms with E-state index in [-0.39, 0.29) is 5.60 Å². The van der Waals surface area contributed by atoms with Gasteiger partial charge in [0.2, 0.25) is 0 Å². The molecule has 0 spiro atoms. The van der Waals surface area contributed by atoms with E-state index in [4.69, 9.17) is 9.84 Å². The first-order chi connectivity index (χ1) is 7.09. The Balaban J connectivity index is 2.21. The molecule has 0 aromatic heterocycles. The lowest BCUT2D eigenvalue weighted by Crippen LogP contribution is -2.42. The third-order valence-electron chi connectivity index (χ3n) is 3.23. The van der Waals surface area contributed by atoms with Gasteiger partial charge in [-0.2, -0.15) is 0 Å². The molecule has 0 aliphatic carbocycles. The molecule has 1 heterocycles. The van der Waals surface area contributed by atoms with Crippen molar-refractivity contribution in [2.75, 3.05) is 6.61 Å². The Morgan fingerprint density at radius 3 is 2.67 bits per heavy atom. The van der Waals surface area contributed by atoms with E-state index in [9.17, 15) is 4.79 Å². The van der Waals surface area contributed by atoms with Crippen LogP contribution in [-0.4, -0.2) is 23.3 Å². The highest BCUT2D eigenvalue weighted by Gasteiger charge is 2.35. The summed E-state index contributed by atoms with van der Waals surface area (Å²) in [4.78, 5) is 10.5. The fourth-order valence-electron chi connectivity index (χ4n) is 1.87. The van der Waals surface area contributed by atoms with Crippen molar-refractivity contribution in [1.29, 1.82) is 0 Å². The molecule has 1 aliphatic rings. The van der Waals surface area contributed by atoms with E-state index in [0.29, 0.717) is 5.57 Å². The maximum atomic E-state index is 10.5. The van der Waals surface area contributed by atoms with E-state index < -0.39 is 5.97 Å². The first-order valence-corrected chi connectivity index (χ1v) is 5.64. The van der Waals surface area contributed by atoms with Crippen LogP contribution in [0.3, 0.4) is 0 Å². The number of hydrogen-bond acceptors (Lipinski definition) is 2. The molecule has 0 aromatic rings.